The Morgan fingerprint density at radius 2 is 1.80 bits per heavy atom. The highest BCUT2D eigenvalue weighted by atomic mass is 16.5. The fraction of sp³-hybridized carbons (Fsp3) is 0.294. The molecule has 0 saturated carbocycles. The van der Waals surface area contributed by atoms with Gasteiger partial charge >= 0.3 is 0 Å². The van der Waals surface area contributed by atoms with E-state index in [0.29, 0.717) is 6.61 Å². The molecule has 20 heavy (non-hydrogen) atoms. The Hall–Kier alpha value is -2.16. The fourth-order valence-electron chi connectivity index (χ4n) is 2.84. The highest BCUT2D eigenvalue weighted by molar-refractivity contribution is 5.55. The van der Waals surface area contributed by atoms with Gasteiger partial charge in [0.1, 0.15) is 18.1 Å². The minimum Gasteiger partial charge on any atom is -0.508 e. The molecule has 1 N–H and O–H groups in total. The summed E-state index contributed by atoms with van der Waals surface area (Å²) < 4.78 is 5.69. The number of phenolic OH excluding ortho intramolecular Hbond substituents is 1. The minimum atomic E-state index is 0.187. The Morgan fingerprint density at radius 3 is 2.50 bits per heavy atom. The first kappa shape index (κ1) is 12.9. The Kier molecular flexibility index (Phi) is 3.05. The molecule has 104 valence electrons. The van der Waals surface area contributed by atoms with Crippen molar-refractivity contribution in [1.82, 2.24) is 0 Å². The molecule has 0 saturated heterocycles. The Bertz CT molecular complexity index is 631. The highest BCUT2D eigenvalue weighted by Crippen LogP contribution is 2.39. The van der Waals surface area contributed by atoms with E-state index < -0.39 is 0 Å². The molecule has 1 atom stereocenters. The summed E-state index contributed by atoms with van der Waals surface area (Å²) in [6.07, 6.45) is 0. The van der Waals surface area contributed by atoms with Crippen molar-refractivity contribution in [1.29, 1.82) is 0 Å². The Morgan fingerprint density at radius 1 is 1.10 bits per heavy atom. The van der Waals surface area contributed by atoms with Crippen LogP contribution in [0.3, 0.4) is 0 Å². The second-order valence-corrected chi connectivity index (χ2v) is 5.51. The summed E-state index contributed by atoms with van der Waals surface area (Å²) in [5.74, 6) is 1.03. The lowest BCUT2D eigenvalue weighted by Crippen LogP contribution is -2.25. The molecule has 1 aliphatic heterocycles. The molecule has 2 aromatic carbocycles. The Balaban J connectivity index is 1.95. The number of anilines is 1. The SMILES string of the molecule is Cc1cc(C)cc(N(C)C2COc3cc(O)ccc32)c1. The first-order valence-electron chi connectivity index (χ1n) is 6.81. The quantitative estimate of drug-likeness (QED) is 0.904. The maximum atomic E-state index is 9.52. The number of benzene rings is 2. The average molecular weight is 269 g/mol. The molecule has 1 unspecified atom stereocenters. The molecule has 0 amide bonds. The molecule has 1 heterocycles. The van der Waals surface area contributed by atoms with Gasteiger partial charge in [0, 0.05) is 24.4 Å². The predicted octanol–water partition coefficient (Wildman–Crippen LogP) is 3.58. The summed E-state index contributed by atoms with van der Waals surface area (Å²) in [5.41, 5.74) is 4.84. The summed E-state index contributed by atoms with van der Waals surface area (Å²) in [6, 6.07) is 12.1. The molecule has 0 aromatic heterocycles. The molecule has 3 rings (SSSR count). The normalized spacial score (nSPS) is 16.6. The van der Waals surface area contributed by atoms with E-state index in [2.05, 4.69) is 44.0 Å². The number of ether oxygens (including phenoxy) is 1. The molecule has 0 spiro atoms. The molecule has 3 nitrogen and oxygen atoms in total. The number of nitrogens with zero attached hydrogens (tertiary/aromatic N) is 1. The van der Waals surface area contributed by atoms with Gasteiger partial charge in [0.2, 0.25) is 0 Å². The van der Waals surface area contributed by atoms with Gasteiger partial charge in [0.15, 0.2) is 0 Å². The van der Waals surface area contributed by atoms with Crippen LogP contribution in [0.15, 0.2) is 36.4 Å². The molecule has 0 radical (unpaired) electrons. The molecule has 0 fully saturated rings. The van der Waals surface area contributed by atoms with Crippen LogP contribution in [0.5, 0.6) is 11.5 Å². The van der Waals surface area contributed by atoms with E-state index in [4.69, 9.17) is 4.74 Å². The van der Waals surface area contributed by atoms with Crippen LogP contribution in [-0.4, -0.2) is 18.8 Å². The lowest BCUT2D eigenvalue weighted by atomic mass is 10.0. The number of hydrogen-bond donors (Lipinski definition) is 1. The third-order valence-corrected chi connectivity index (χ3v) is 3.83. The summed E-state index contributed by atoms with van der Waals surface area (Å²) in [4.78, 5) is 2.24. The summed E-state index contributed by atoms with van der Waals surface area (Å²) in [6.45, 7) is 4.84. The van der Waals surface area contributed by atoms with E-state index in [-0.39, 0.29) is 11.8 Å². The van der Waals surface area contributed by atoms with Crippen LogP contribution in [-0.2, 0) is 0 Å². The van der Waals surface area contributed by atoms with Gasteiger partial charge in [-0.1, -0.05) is 6.07 Å². The summed E-state index contributed by atoms with van der Waals surface area (Å²) in [7, 11) is 2.09. The van der Waals surface area contributed by atoms with Gasteiger partial charge < -0.3 is 14.7 Å². The van der Waals surface area contributed by atoms with Gasteiger partial charge in [-0.3, -0.25) is 0 Å². The van der Waals surface area contributed by atoms with Crippen LogP contribution in [0, 0.1) is 13.8 Å². The number of aryl methyl sites for hydroxylation is 2. The average Bonchev–Trinajstić information content (AvgIpc) is 2.79. The molecular weight excluding hydrogens is 250 g/mol. The maximum absolute atomic E-state index is 9.52. The van der Waals surface area contributed by atoms with Gasteiger partial charge in [-0.2, -0.15) is 0 Å². The van der Waals surface area contributed by atoms with Crippen molar-refractivity contribution < 1.29 is 9.84 Å². The lowest BCUT2D eigenvalue weighted by molar-refractivity contribution is 0.328. The molecular formula is C17H19NO2. The zero-order valence-corrected chi connectivity index (χ0v) is 12.1. The first-order chi connectivity index (χ1) is 9.54. The maximum Gasteiger partial charge on any atom is 0.128 e. The van der Waals surface area contributed by atoms with Crippen molar-refractivity contribution in [2.45, 2.75) is 19.9 Å². The van der Waals surface area contributed by atoms with Crippen LogP contribution in [0.2, 0.25) is 0 Å². The van der Waals surface area contributed by atoms with Gasteiger partial charge in [-0.05, 0) is 49.2 Å². The second kappa shape index (κ2) is 4.75. The number of likely N-dealkylation sites (N-methyl/N-ethyl adjacent to an activating group) is 1. The number of hydrogen-bond acceptors (Lipinski definition) is 3. The van der Waals surface area contributed by atoms with Crippen LogP contribution >= 0.6 is 0 Å². The van der Waals surface area contributed by atoms with Crippen molar-refractivity contribution in [2.75, 3.05) is 18.6 Å². The van der Waals surface area contributed by atoms with E-state index >= 15 is 0 Å². The van der Waals surface area contributed by atoms with Crippen molar-refractivity contribution in [3.05, 3.63) is 53.1 Å². The first-order valence-corrected chi connectivity index (χ1v) is 6.81. The van der Waals surface area contributed by atoms with E-state index in [1.165, 1.54) is 16.8 Å². The van der Waals surface area contributed by atoms with Crippen LogP contribution in [0.4, 0.5) is 5.69 Å². The highest BCUT2D eigenvalue weighted by Gasteiger charge is 2.28. The van der Waals surface area contributed by atoms with Gasteiger partial charge in [-0.15, -0.1) is 0 Å². The van der Waals surface area contributed by atoms with Crippen LogP contribution in [0.25, 0.3) is 0 Å². The van der Waals surface area contributed by atoms with Gasteiger partial charge in [0.05, 0.1) is 6.04 Å². The lowest BCUT2D eigenvalue weighted by Gasteiger charge is -2.26. The molecule has 0 aliphatic carbocycles. The fourth-order valence-corrected chi connectivity index (χ4v) is 2.84. The zero-order chi connectivity index (χ0) is 14.3. The molecule has 1 aliphatic rings. The minimum absolute atomic E-state index is 0.187. The van der Waals surface area contributed by atoms with Gasteiger partial charge in [-0.25, -0.2) is 0 Å². The van der Waals surface area contributed by atoms with Crippen LogP contribution in [0.1, 0.15) is 22.7 Å². The summed E-state index contributed by atoms with van der Waals surface area (Å²) >= 11 is 0. The van der Waals surface area contributed by atoms with Gasteiger partial charge in [0.25, 0.3) is 0 Å². The molecule has 3 heteroatoms. The van der Waals surface area contributed by atoms with Crippen molar-refractivity contribution >= 4 is 5.69 Å². The van der Waals surface area contributed by atoms with Crippen LogP contribution < -0.4 is 9.64 Å². The van der Waals surface area contributed by atoms with Crippen molar-refractivity contribution in [3.8, 4) is 11.5 Å². The second-order valence-electron chi connectivity index (χ2n) is 5.51. The summed E-state index contributed by atoms with van der Waals surface area (Å²) in [5, 5.41) is 9.52. The number of fused-ring (bicyclic) bond motifs is 1. The number of aromatic hydroxyl groups is 1. The smallest absolute Gasteiger partial charge is 0.128 e. The largest absolute Gasteiger partial charge is 0.508 e. The van der Waals surface area contributed by atoms with Crippen molar-refractivity contribution in [3.63, 3.8) is 0 Å². The van der Waals surface area contributed by atoms with E-state index in [9.17, 15) is 5.11 Å². The van der Waals surface area contributed by atoms with Crippen molar-refractivity contribution in [2.24, 2.45) is 0 Å². The third-order valence-electron chi connectivity index (χ3n) is 3.83. The third kappa shape index (κ3) is 2.20. The Labute approximate surface area is 119 Å². The number of phenols is 1. The van der Waals surface area contributed by atoms with E-state index in [1.807, 2.05) is 6.07 Å². The number of rotatable bonds is 2. The standard InChI is InChI=1S/C17H19NO2/c1-11-6-12(2)8-13(7-11)18(3)16-10-20-17-9-14(19)4-5-15(16)17/h4-9,16,19H,10H2,1-3H3. The zero-order valence-electron chi connectivity index (χ0n) is 12.1. The van der Waals surface area contributed by atoms with E-state index in [1.54, 1.807) is 12.1 Å². The molecule has 0 bridgehead atoms. The molecule has 2 aromatic rings. The van der Waals surface area contributed by atoms with E-state index in [0.717, 1.165) is 11.3 Å². The topological polar surface area (TPSA) is 32.7 Å². The predicted molar refractivity (Wildman–Crippen MR) is 80.7 cm³/mol. The monoisotopic (exact) mass is 269 g/mol.